The monoisotopic (exact) mass is 201 g/mol. The molecular formula is C8H11NO3S. The van der Waals surface area contributed by atoms with Crippen molar-refractivity contribution >= 4 is 17.3 Å². The van der Waals surface area contributed by atoms with Gasteiger partial charge in [0.05, 0.1) is 0 Å². The van der Waals surface area contributed by atoms with Crippen LogP contribution < -0.4 is 5.73 Å². The highest BCUT2D eigenvalue weighted by molar-refractivity contribution is 7.09. The molecule has 0 amide bonds. The Morgan fingerprint density at radius 2 is 2.54 bits per heavy atom. The highest BCUT2D eigenvalue weighted by Crippen LogP contribution is 2.09. The van der Waals surface area contributed by atoms with Crippen LogP contribution in [0, 0.1) is 0 Å². The van der Waals surface area contributed by atoms with Crippen molar-refractivity contribution in [1.29, 1.82) is 0 Å². The fraction of sp³-hybridized carbons (Fsp3) is 0.375. The zero-order valence-corrected chi connectivity index (χ0v) is 7.79. The smallest absolute Gasteiger partial charge is 0.336 e. The number of thiophene rings is 1. The maximum Gasteiger partial charge on any atom is 0.336 e. The summed E-state index contributed by atoms with van der Waals surface area (Å²) in [6.45, 7) is 0.0941. The molecule has 0 spiro atoms. The largest absolute Gasteiger partial charge is 0.458 e. The maximum atomic E-state index is 10.9. The average molecular weight is 201 g/mol. The van der Waals surface area contributed by atoms with Gasteiger partial charge in [-0.2, -0.15) is 0 Å². The Bertz CT molecular complexity index is 260. The summed E-state index contributed by atoms with van der Waals surface area (Å²) in [6.07, 6.45) is -1.21. The van der Waals surface area contributed by atoms with Gasteiger partial charge in [0.25, 0.3) is 0 Å². The number of ether oxygens (including phenoxy) is 1. The average Bonchev–Trinajstić information content (AvgIpc) is 2.65. The van der Waals surface area contributed by atoms with Crippen molar-refractivity contribution in [2.75, 3.05) is 6.54 Å². The fourth-order valence-corrected chi connectivity index (χ4v) is 1.35. The lowest BCUT2D eigenvalue weighted by Crippen LogP contribution is -2.30. The second kappa shape index (κ2) is 4.96. The number of carbonyl (C=O) groups excluding carboxylic acids is 1. The summed E-state index contributed by atoms with van der Waals surface area (Å²) >= 11 is 1.49. The lowest BCUT2D eigenvalue weighted by molar-refractivity contribution is -0.154. The van der Waals surface area contributed by atoms with Crippen molar-refractivity contribution in [2.24, 2.45) is 5.73 Å². The van der Waals surface area contributed by atoms with E-state index in [1.807, 2.05) is 17.5 Å². The second-order valence-corrected chi connectivity index (χ2v) is 3.47. The van der Waals surface area contributed by atoms with Gasteiger partial charge in [0.2, 0.25) is 0 Å². The fourth-order valence-electron chi connectivity index (χ4n) is 0.729. The summed E-state index contributed by atoms with van der Waals surface area (Å²) in [5, 5.41) is 10.9. The summed E-state index contributed by atoms with van der Waals surface area (Å²) in [4.78, 5) is 11.9. The summed E-state index contributed by atoms with van der Waals surface area (Å²) in [5.41, 5.74) is 5.07. The van der Waals surface area contributed by atoms with Crippen molar-refractivity contribution in [3.63, 3.8) is 0 Å². The molecule has 0 aromatic carbocycles. The molecule has 1 unspecified atom stereocenters. The zero-order valence-electron chi connectivity index (χ0n) is 6.97. The number of esters is 1. The number of nitrogens with two attached hydrogens (primary N) is 1. The highest BCUT2D eigenvalue weighted by Gasteiger charge is 2.14. The van der Waals surface area contributed by atoms with Gasteiger partial charge in [0.15, 0.2) is 6.10 Å². The SMILES string of the molecule is NCC(O)C(=O)OCc1cccs1. The minimum absolute atomic E-state index is 0.108. The lowest BCUT2D eigenvalue weighted by Gasteiger charge is -2.06. The van der Waals surface area contributed by atoms with Crippen LogP contribution in [0.1, 0.15) is 4.88 Å². The van der Waals surface area contributed by atoms with Crippen LogP contribution >= 0.6 is 11.3 Å². The number of hydrogen-bond donors (Lipinski definition) is 2. The summed E-state index contributed by atoms with van der Waals surface area (Å²) < 4.78 is 4.78. The first-order valence-corrected chi connectivity index (χ1v) is 4.69. The Morgan fingerprint density at radius 3 is 3.08 bits per heavy atom. The molecule has 0 bridgehead atoms. The minimum Gasteiger partial charge on any atom is -0.458 e. The molecule has 0 aliphatic rings. The van der Waals surface area contributed by atoms with Gasteiger partial charge in [-0.25, -0.2) is 4.79 Å². The van der Waals surface area contributed by atoms with E-state index in [-0.39, 0.29) is 13.2 Å². The van der Waals surface area contributed by atoms with Crippen molar-refractivity contribution in [1.82, 2.24) is 0 Å². The third-order valence-electron chi connectivity index (χ3n) is 1.43. The molecule has 0 radical (unpaired) electrons. The quantitative estimate of drug-likeness (QED) is 0.678. The zero-order chi connectivity index (χ0) is 9.68. The van der Waals surface area contributed by atoms with E-state index in [2.05, 4.69) is 0 Å². The Balaban J connectivity index is 2.31. The molecular weight excluding hydrogens is 190 g/mol. The van der Waals surface area contributed by atoms with Gasteiger partial charge in [0, 0.05) is 11.4 Å². The van der Waals surface area contributed by atoms with Crippen LogP contribution in [0.4, 0.5) is 0 Å². The van der Waals surface area contributed by atoms with Crippen molar-refractivity contribution in [3.05, 3.63) is 22.4 Å². The molecule has 1 heterocycles. The first-order valence-electron chi connectivity index (χ1n) is 3.81. The molecule has 1 atom stereocenters. The molecule has 1 aromatic heterocycles. The molecule has 72 valence electrons. The first-order chi connectivity index (χ1) is 6.24. The second-order valence-electron chi connectivity index (χ2n) is 2.44. The van der Waals surface area contributed by atoms with Gasteiger partial charge in [-0.1, -0.05) is 6.07 Å². The van der Waals surface area contributed by atoms with Gasteiger partial charge < -0.3 is 15.6 Å². The van der Waals surface area contributed by atoms with E-state index in [1.54, 1.807) is 0 Å². The van der Waals surface area contributed by atoms with E-state index >= 15 is 0 Å². The third kappa shape index (κ3) is 3.14. The van der Waals surface area contributed by atoms with Crippen LogP contribution in [-0.4, -0.2) is 23.7 Å². The van der Waals surface area contributed by atoms with E-state index in [4.69, 9.17) is 15.6 Å². The number of aliphatic hydroxyl groups excluding tert-OH is 1. The predicted octanol–water partition coefficient (Wildman–Crippen LogP) is 0.111. The van der Waals surface area contributed by atoms with Crippen LogP contribution in [0.5, 0.6) is 0 Å². The van der Waals surface area contributed by atoms with Crippen molar-refractivity contribution in [3.8, 4) is 0 Å². The molecule has 0 saturated carbocycles. The highest BCUT2D eigenvalue weighted by atomic mass is 32.1. The molecule has 5 heteroatoms. The molecule has 3 N–H and O–H groups in total. The standard InChI is InChI=1S/C8H11NO3S/c9-4-7(10)8(11)12-5-6-2-1-3-13-6/h1-3,7,10H,4-5,9H2. The molecule has 1 aromatic rings. The Hall–Kier alpha value is -0.910. The van der Waals surface area contributed by atoms with Crippen LogP contribution in [0.3, 0.4) is 0 Å². The molecule has 4 nitrogen and oxygen atoms in total. The van der Waals surface area contributed by atoms with Crippen LogP contribution in [0.2, 0.25) is 0 Å². The maximum absolute atomic E-state index is 10.9. The molecule has 13 heavy (non-hydrogen) atoms. The number of carbonyl (C=O) groups is 1. The van der Waals surface area contributed by atoms with E-state index in [9.17, 15) is 4.79 Å². The number of rotatable bonds is 4. The van der Waals surface area contributed by atoms with Gasteiger partial charge in [0.1, 0.15) is 6.61 Å². The number of hydrogen-bond acceptors (Lipinski definition) is 5. The normalized spacial score (nSPS) is 12.5. The number of aliphatic hydroxyl groups is 1. The molecule has 0 saturated heterocycles. The van der Waals surface area contributed by atoms with Crippen LogP contribution in [0.15, 0.2) is 17.5 Å². The van der Waals surface area contributed by atoms with Crippen molar-refractivity contribution < 1.29 is 14.6 Å². The van der Waals surface area contributed by atoms with E-state index in [0.29, 0.717) is 0 Å². The predicted molar refractivity (Wildman–Crippen MR) is 49.2 cm³/mol. The van der Waals surface area contributed by atoms with Crippen LogP contribution in [-0.2, 0) is 16.1 Å². The molecule has 0 aliphatic heterocycles. The van der Waals surface area contributed by atoms with Gasteiger partial charge in [-0.15, -0.1) is 11.3 Å². The first kappa shape index (κ1) is 10.2. The minimum atomic E-state index is -1.21. The summed E-state index contributed by atoms with van der Waals surface area (Å²) in [5.74, 6) is -0.670. The Morgan fingerprint density at radius 1 is 1.77 bits per heavy atom. The topological polar surface area (TPSA) is 72.5 Å². The van der Waals surface area contributed by atoms with Gasteiger partial charge in [-0.3, -0.25) is 0 Å². The summed E-state index contributed by atoms with van der Waals surface area (Å²) in [7, 11) is 0. The van der Waals surface area contributed by atoms with Gasteiger partial charge >= 0.3 is 5.97 Å². The summed E-state index contributed by atoms with van der Waals surface area (Å²) in [6, 6.07) is 3.72. The Labute approximate surface area is 79.9 Å². The van der Waals surface area contributed by atoms with Crippen LogP contribution in [0.25, 0.3) is 0 Å². The Kier molecular flexibility index (Phi) is 3.88. The molecule has 0 fully saturated rings. The third-order valence-corrected chi connectivity index (χ3v) is 2.28. The molecule has 1 rings (SSSR count). The van der Waals surface area contributed by atoms with Crippen molar-refractivity contribution in [2.45, 2.75) is 12.7 Å². The van der Waals surface area contributed by atoms with Gasteiger partial charge in [-0.05, 0) is 11.4 Å². The molecule has 0 aliphatic carbocycles. The van der Waals surface area contributed by atoms with E-state index in [1.165, 1.54) is 11.3 Å². The van der Waals surface area contributed by atoms with E-state index in [0.717, 1.165) is 4.88 Å². The lowest BCUT2D eigenvalue weighted by atomic mass is 10.4. The van der Waals surface area contributed by atoms with E-state index < -0.39 is 12.1 Å².